The Kier molecular flexibility index (Phi) is 39.5. The lowest BCUT2D eigenvalue weighted by molar-refractivity contribution is -0.123. The van der Waals surface area contributed by atoms with Gasteiger partial charge in [0.25, 0.3) is 0 Å². The topological polar surface area (TPSA) is 69.6 Å². The Hall–Kier alpha value is -2.17. The highest BCUT2D eigenvalue weighted by molar-refractivity contribution is 5.76. The minimum Gasteiger partial charge on any atom is -0.394 e. The van der Waals surface area contributed by atoms with Gasteiger partial charge < -0.3 is 15.5 Å². The van der Waals surface area contributed by atoms with Crippen LogP contribution in [0.3, 0.4) is 0 Å². The monoisotopic (exact) mass is 696 g/mol. The van der Waals surface area contributed by atoms with Crippen molar-refractivity contribution in [2.45, 2.75) is 206 Å². The number of carbonyl (C=O) groups excluding carboxylic acids is 1. The minimum atomic E-state index is -0.866. The zero-order valence-electron chi connectivity index (χ0n) is 32.9. The molecule has 0 radical (unpaired) electrons. The van der Waals surface area contributed by atoms with E-state index in [4.69, 9.17) is 0 Å². The molecule has 1 amide bonds. The summed E-state index contributed by atoms with van der Waals surface area (Å²) in [5.41, 5.74) is 0. The van der Waals surface area contributed by atoms with Gasteiger partial charge in [-0.2, -0.15) is 0 Å². The Morgan fingerprint density at radius 2 is 0.900 bits per heavy atom. The smallest absolute Gasteiger partial charge is 0.220 e. The van der Waals surface area contributed by atoms with Crippen LogP contribution in [0, 0.1) is 0 Å². The summed E-state index contributed by atoms with van der Waals surface area (Å²) >= 11 is 0. The molecule has 50 heavy (non-hydrogen) atoms. The minimum absolute atomic E-state index is 0.0822. The zero-order chi connectivity index (χ0) is 36.4. The van der Waals surface area contributed by atoms with Crippen LogP contribution in [0.2, 0.25) is 0 Å². The fourth-order valence-electron chi connectivity index (χ4n) is 5.95. The van der Waals surface area contributed by atoms with E-state index in [1.54, 1.807) is 6.08 Å². The van der Waals surface area contributed by atoms with Crippen molar-refractivity contribution in [2.75, 3.05) is 6.61 Å². The lowest BCUT2D eigenvalue weighted by Crippen LogP contribution is -2.45. The van der Waals surface area contributed by atoms with Gasteiger partial charge >= 0.3 is 0 Å². The van der Waals surface area contributed by atoms with Gasteiger partial charge in [-0.3, -0.25) is 4.79 Å². The van der Waals surface area contributed by atoms with Crippen molar-refractivity contribution in [3.8, 4) is 0 Å². The van der Waals surface area contributed by atoms with Gasteiger partial charge in [-0.15, -0.1) is 0 Å². The van der Waals surface area contributed by atoms with E-state index in [0.29, 0.717) is 6.42 Å². The van der Waals surface area contributed by atoms with E-state index in [1.165, 1.54) is 116 Å². The molecule has 3 N–H and O–H groups in total. The van der Waals surface area contributed by atoms with Crippen molar-refractivity contribution in [1.29, 1.82) is 0 Å². The second kappa shape index (κ2) is 41.3. The van der Waals surface area contributed by atoms with Gasteiger partial charge in [0.05, 0.1) is 18.8 Å². The van der Waals surface area contributed by atoms with Crippen LogP contribution in [0.25, 0.3) is 0 Å². The Morgan fingerprint density at radius 3 is 1.40 bits per heavy atom. The number of aliphatic hydroxyl groups excluding tert-OH is 2. The van der Waals surface area contributed by atoms with Gasteiger partial charge in [0.1, 0.15) is 0 Å². The molecule has 0 spiro atoms. The van der Waals surface area contributed by atoms with Crippen molar-refractivity contribution in [2.24, 2.45) is 0 Å². The number of aliphatic hydroxyl groups is 2. The summed E-state index contributed by atoms with van der Waals surface area (Å²) in [7, 11) is 0. The van der Waals surface area contributed by atoms with Crippen molar-refractivity contribution in [3.63, 3.8) is 0 Å². The Balaban J connectivity index is 3.64. The Morgan fingerprint density at radius 1 is 0.500 bits per heavy atom. The molecule has 0 bridgehead atoms. The number of amides is 1. The molecule has 2 atom stereocenters. The lowest BCUT2D eigenvalue weighted by Gasteiger charge is -2.19. The predicted octanol–water partition coefficient (Wildman–Crippen LogP) is 13.1. The zero-order valence-corrected chi connectivity index (χ0v) is 32.9. The first-order valence-corrected chi connectivity index (χ1v) is 21.2. The SMILES string of the molecule is CC/C=C\C/C=C\C/C=C\C/C=C\CCCCCCCCCCCCC(=O)NC(CO)C(O)/C=C/CC/C=C/CCCCCCCCCCC. The summed E-state index contributed by atoms with van der Waals surface area (Å²) in [6, 6.07) is -0.644. The van der Waals surface area contributed by atoms with Gasteiger partial charge in [0.2, 0.25) is 5.91 Å². The summed E-state index contributed by atoms with van der Waals surface area (Å²) in [5, 5.41) is 22.9. The summed E-state index contributed by atoms with van der Waals surface area (Å²) in [6.45, 7) is 4.17. The Labute approximate surface area is 310 Å². The molecule has 0 fully saturated rings. The summed E-state index contributed by atoms with van der Waals surface area (Å²) in [5.74, 6) is -0.0822. The van der Waals surface area contributed by atoms with Crippen LogP contribution in [0.1, 0.15) is 194 Å². The van der Waals surface area contributed by atoms with Crippen LogP contribution in [0.5, 0.6) is 0 Å². The van der Waals surface area contributed by atoms with Crippen LogP contribution in [-0.4, -0.2) is 34.9 Å². The largest absolute Gasteiger partial charge is 0.394 e. The highest BCUT2D eigenvalue weighted by Crippen LogP contribution is 2.13. The first-order valence-electron chi connectivity index (χ1n) is 21.2. The van der Waals surface area contributed by atoms with Crippen molar-refractivity contribution >= 4 is 5.91 Å². The number of rotatable bonds is 37. The average Bonchev–Trinajstić information content (AvgIpc) is 3.12. The molecule has 0 aromatic rings. The molecule has 0 saturated carbocycles. The van der Waals surface area contributed by atoms with Crippen LogP contribution < -0.4 is 5.32 Å². The molecular formula is C46H81NO3. The molecule has 0 aliphatic carbocycles. The summed E-state index contributed by atoms with van der Waals surface area (Å²) in [4.78, 5) is 12.4. The number of carbonyl (C=O) groups is 1. The molecule has 0 saturated heterocycles. The molecule has 288 valence electrons. The number of hydrogen-bond acceptors (Lipinski definition) is 3. The third-order valence-corrected chi connectivity index (χ3v) is 9.17. The number of allylic oxidation sites excluding steroid dienone is 11. The summed E-state index contributed by atoms with van der Waals surface area (Å²) in [6.07, 6.45) is 58.6. The van der Waals surface area contributed by atoms with E-state index < -0.39 is 12.1 Å². The molecule has 0 aromatic heterocycles. The van der Waals surface area contributed by atoms with Crippen molar-refractivity contribution in [3.05, 3.63) is 72.9 Å². The van der Waals surface area contributed by atoms with E-state index in [9.17, 15) is 15.0 Å². The lowest BCUT2D eigenvalue weighted by atomic mass is 10.0. The highest BCUT2D eigenvalue weighted by atomic mass is 16.3. The first-order chi connectivity index (χ1) is 24.7. The van der Waals surface area contributed by atoms with E-state index in [2.05, 4.69) is 79.9 Å². The number of nitrogens with one attached hydrogen (secondary N) is 1. The number of hydrogen-bond donors (Lipinski definition) is 3. The second-order valence-electron chi connectivity index (χ2n) is 14.0. The average molecular weight is 696 g/mol. The fourth-order valence-corrected chi connectivity index (χ4v) is 5.95. The van der Waals surface area contributed by atoms with Gasteiger partial charge in [-0.1, -0.05) is 189 Å². The molecule has 0 aliphatic rings. The molecule has 2 unspecified atom stereocenters. The second-order valence-corrected chi connectivity index (χ2v) is 14.0. The number of unbranched alkanes of at least 4 members (excludes halogenated alkanes) is 20. The van der Waals surface area contributed by atoms with Gasteiger partial charge in [-0.05, 0) is 70.6 Å². The van der Waals surface area contributed by atoms with E-state index in [-0.39, 0.29) is 12.5 Å². The highest BCUT2D eigenvalue weighted by Gasteiger charge is 2.17. The molecule has 0 rings (SSSR count). The van der Waals surface area contributed by atoms with E-state index >= 15 is 0 Å². The van der Waals surface area contributed by atoms with Crippen LogP contribution >= 0.6 is 0 Å². The van der Waals surface area contributed by atoms with Gasteiger partial charge in [0, 0.05) is 6.42 Å². The van der Waals surface area contributed by atoms with E-state index in [0.717, 1.165) is 57.8 Å². The van der Waals surface area contributed by atoms with Crippen molar-refractivity contribution < 1.29 is 15.0 Å². The standard InChI is InChI=1S/C46H81NO3/c1-3-5-7-9-11-13-15-17-19-20-21-22-23-24-25-26-28-30-32-34-36-38-40-42-46(50)47-44(43-48)45(49)41-39-37-35-33-31-29-27-18-16-14-12-10-8-6-4-2/h5,7,11,13,17,19,21-22,31,33,39,41,44-45,48-49H,3-4,6,8-10,12,14-16,18,20,23-30,32,34-38,40,42-43H2,1-2H3,(H,47,50)/b7-5-,13-11-,19-17-,22-21-,33-31+,41-39+. The van der Waals surface area contributed by atoms with Crippen LogP contribution in [0.4, 0.5) is 0 Å². The maximum absolute atomic E-state index is 12.4. The molecule has 4 heteroatoms. The van der Waals surface area contributed by atoms with Crippen molar-refractivity contribution in [1.82, 2.24) is 5.32 Å². The van der Waals surface area contributed by atoms with E-state index in [1.807, 2.05) is 6.08 Å². The first kappa shape index (κ1) is 47.8. The maximum atomic E-state index is 12.4. The normalized spacial score (nSPS) is 13.8. The molecule has 0 heterocycles. The maximum Gasteiger partial charge on any atom is 0.220 e. The molecular weight excluding hydrogens is 615 g/mol. The quantitative estimate of drug-likeness (QED) is 0.0447. The molecule has 0 aromatic carbocycles. The van der Waals surface area contributed by atoms with Crippen LogP contribution in [0.15, 0.2) is 72.9 Å². The predicted molar refractivity (Wildman–Crippen MR) is 220 cm³/mol. The van der Waals surface area contributed by atoms with Gasteiger partial charge in [-0.25, -0.2) is 0 Å². The third kappa shape index (κ3) is 37.1. The third-order valence-electron chi connectivity index (χ3n) is 9.17. The van der Waals surface area contributed by atoms with Crippen LogP contribution in [-0.2, 0) is 4.79 Å². The Bertz CT molecular complexity index is 884. The fraction of sp³-hybridized carbons (Fsp3) is 0.717. The van der Waals surface area contributed by atoms with Gasteiger partial charge in [0.15, 0.2) is 0 Å². The summed E-state index contributed by atoms with van der Waals surface area (Å²) < 4.78 is 0. The molecule has 4 nitrogen and oxygen atoms in total. The molecule has 0 aliphatic heterocycles.